The van der Waals surface area contributed by atoms with Crippen LogP contribution in [0.5, 0.6) is 0 Å². The lowest BCUT2D eigenvalue weighted by atomic mass is 10.2. The Morgan fingerprint density at radius 1 is 1.67 bits per heavy atom. The second-order valence-corrected chi connectivity index (χ2v) is 3.19. The summed E-state index contributed by atoms with van der Waals surface area (Å²) in [5.74, 6) is -0.579. The fourth-order valence-electron chi connectivity index (χ4n) is 1.39. The minimum atomic E-state index is -1.05. The minimum absolute atomic E-state index is 0.00683. The van der Waals surface area contributed by atoms with Crippen molar-refractivity contribution < 1.29 is 14.6 Å². The Morgan fingerprint density at radius 3 is 3.20 bits per heavy atom. The molecule has 0 radical (unpaired) electrons. The van der Waals surface area contributed by atoms with Gasteiger partial charge in [0.1, 0.15) is 5.82 Å². The molecule has 0 spiro atoms. The maximum Gasteiger partial charge on any atom is 0.354 e. The first-order valence-electron chi connectivity index (χ1n) is 4.65. The quantitative estimate of drug-likeness (QED) is 0.703. The number of morpholine rings is 1. The van der Waals surface area contributed by atoms with Crippen molar-refractivity contribution in [3.05, 3.63) is 23.8 Å². The molecule has 1 aromatic heterocycles. The maximum atomic E-state index is 10.7. The summed E-state index contributed by atoms with van der Waals surface area (Å²) in [5, 5.41) is 11.9. The van der Waals surface area contributed by atoms with Gasteiger partial charge in [-0.15, -0.1) is 0 Å². The average Bonchev–Trinajstić information content (AvgIpc) is 2.30. The van der Waals surface area contributed by atoms with Crippen LogP contribution in [-0.4, -0.2) is 40.8 Å². The topological polar surface area (TPSA) is 84.3 Å². The smallest absolute Gasteiger partial charge is 0.354 e. The van der Waals surface area contributed by atoms with Crippen LogP contribution in [0.3, 0.4) is 0 Å². The highest BCUT2D eigenvalue weighted by Gasteiger charge is 2.19. The van der Waals surface area contributed by atoms with Crippen molar-refractivity contribution in [1.29, 1.82) is 0 Å². The van der Waals surface area contributed by atoms with E-state index >= 15 is 0 Å². The van der Waals surface area contributed by atoms with Crippen LogP contribution in [-0.2, 0) is 4.74 Å². The van der Waals surface area contributed by atoms with Gasteiger partial charge in [-0.25, -0.2) is 14.8 Å². The van der Waals surface area contributed by atoms with Gasteiger partial charge in [-0.2, -0.15) is 0 Å². The van der Waals surface area contributed by atoms with Gasteiger partial charge in [0.2, 0.25) is 0 Å². The van der Waals surface area contributed by atoms with Gasteiger partial charge in [-0.3, -0.25) is 0 Å². The molecule has 15 heavy (non-hydrogen) atoms. The number of hydrogen-bond donors (Lipinski definition) is 2. The highest BCUT2D eigenvalue weighted by Crippen LogP contribution is 2.10. The number of ether oxygens (including phenoxy) is 1. The Bertz CT molecular complexity index is 363. The third kappa shape index (κ3) is 2.28. The van der Waals surface area contributed by atoms with E-state index in [2.05, 4.69) is 15.3 Å². The first-order valence-corrected chi connectivity index (χ1v) is 4.65. The molecule has 0 aliphatic carbocycles. The molecule has 2 heterocycles. The molecule has 1 aliphatic rings. The summed E-state index contributed by atoms with van der Waals surface area (Å²) < 4.78 is 5.25. The lowest BCUT2D eigenvalue weighted by Gasteiger charge is -2.22. The third-order valence-corrected chi connectivity index (χ3v) is 2.13. The molecule has 2 rings (SSSR count). The fraction of sp³-hybridized carbons (Fsp3) is 0.444. The molecule has 6 heteroatoms. The SMILES string of the molecule is O=C(O)c1ccnc(C2COCCN2)n1. The minimum Gasteiger partial charge on any atom is -0.477 e. The van der Waals surface area contributed by atoms with Crippen LogP contribution in [0, 0.1) is 0 Å². The molecule has 0 amide bonds. The van der Waals surface area contributed by atoms with E-state index in [1.54, 1.807) is 0 Å². The third-order valence-electron chi connectivity index (χ3n) is 2.13. The summed E-state index contributed by atoms with van der Waals surface area (Å²) in [5.41, 5.74) is 0.00683. The number of hydrogen-bond acceptors (Lipinski definition) is 5. The molecule has 0 bridgehead atoms. The zero-order valence-electron chi connectivity index (χ0n) is 8.01. The van der Waals surface area contributed by atoms with Gasteiger partial charge in [0.15, 0.2) is 5.69 Å². The first-order chi connectivity index (χ1) is 7.27. The van der Waals surface area contributed by atoms with Crippen molar-refractivity contribution in [3.8, 4) is 0 Å². The Morgan fingerprint density at radius 2 is 2.53 bits per heavy atom. The number of carbonyl (C=O) groups is 1. The summed E-state index contributed by atoms with van der Waals surface area (Å²) in [6.45, 7) is 1.86. The Labute approximate surface area is 86.3 Å². The fourth-order valence-corrected chi connectivity index (χ4v) is 1.39. The monoisotopic (exact) mass is 209 g/mol. The molecule has 6 nitrogen and oxygen atoms in total. The molecule has 1 aromatic rings. The van der Waals surface area contributed by atoms with Crippen molar-refractivity contribution in [2.45, 2.75) is 6.04 Å². The van der Waals surface area contributed by atoms with Crippen LogP contribution in [0.4, 0.5) is 0 Å². The molecule has 0 saturated carbocycles. The van der Waals surface area contributed by atoms with Gasteiger partial charge in [-0.1, -0.05) is 0 Å². The lowest BCUT2D eigenvalue weighted by molar-refractivity contribution is 0.0678. The highest BCUT2D eigenvalue weighted by atomic mass is 16.5. The number of aromatic carboxylic acids is 1. The zero-order valence-corrected chi connectivity index (χ0v) is 8.01. The number of carboxylic acid groups (broad SMARTS) is 1. The highest BCUT2D eigenvalue weighted by molar-refractivity contribution is 5.85. The largest absolute Gasteiger partial charge is 0.477 e. The van der Waals surface area contributed by atoms with E-state index < -0.39 is 5.97 Å². The summed E-state index contributed by atoms with van der Waals surface area (Å²) in [6.07, 6.45) is 1.45. The van der Waals surface area contributed by atoms with E-state index in [0.29, 0.717) is 19.0 Å². The van der Waals surface area contributed by atoms with Crippen LogP contribution in [0.25, 0.3) is 0 Å². The molecular formula is C9H11N3O3. The summed E-state index contributed by atoms with van der Waals surface area (Å²) in [6, 6.07) is 1.26. The van der Waals surface area contributed by atoms with Gasteiger partial charge < -0.3 is 15.2 Å². The first kappa shape index (κ1) is 10.0. The summed E-state index contributed by atoms with van der Waals surface area (Å²) in [7, 11) is 0. The van der Waals surface area contributed by atoms with Crippen LogP contribution >= 0.6 is 0 Å². The zero-order chi connectivity index (χ0) is 10.7. The molecule has 0 aromatic carbocycles. The van der Waals surface area contributed by atoms with Crippen LogP contribution in [0.15, 0.2) is 12.3 Å². The number of nitrogens with one attached hydrogen (secondary N) is 1. The molecule has 1 saturated heterocycles. The predicted molar refractivity (Wildman–Crippen MR) is 50.6 cm³/mol. The Kier molecular flexibility index (Phi) is 2.89. The lowest BCUT2D eigenvalue weighted by Crippen LogP contribution is -2.35. The van der Waals surface area contributed by atoms with Crippen molar-refractivity contribution in [2.75, 3.05) is 19.8 Å². The van der Waals surface area contributed by atoms with Gasteiger partial charge >= 0.3 is 5.97 Å². The van der Waals surface area contributed by atoms with E-state index in [1.165, 1.54) is 12.3 Å². The molecule has 1 atom stereocenters. The van der Waals surface area contributed by atoms with Crippen molar-refractivity contribution >= 4 is 5.97 Å². The van der Waals surface area contributed by atoms with Gasteiger partial charge in [-0.05, 0) is 6.07 Å². The van der Waals surface area contributed by atoms with Crippen LogP contribution in [0.1, 0.15) is 22.4 Å². The molecule has 1 aliphatic heterocycles. The van der Waals surface area contributed by atoms with Gasteiger partial charge in [0.05, 0.1) is 19.3 Å². The Balaban J connectivity index is 2.19. The Hall–Kier alpha value is -1.53. The predicted octanol–water partition coefficient (Wildman–Crippen LogP) is -0.164. The van der Waals surface area contributed by atoms with E-state index in [9.17, 15) is 4.79 Å². The molecule has 1 unspecified atom stereocenters. The number of aromatic nitrogens is 2. The van der Waals surface area contributed by atoms with Crippen molar-refractivity contribution in [1.82, 2.24) is 15.3 Å². The van der Waals surface area contributed by atoms with E-state index in [4.69, 9.17) is 9.84 Å². The summed E-state index contributed by atoms with van der Waals surface area (Å²) >= 11 is 0. The molecule has 80 valence electrons. The van der Waals surface area contributed by atoms with Crippen LogP contribution in [0.2, 0.25) is 0 Å². The number of nitrogens with zero attached hydrogens (tertiary/aromatic N) is 2. The number of carboxylic acids is 1. The van der Waals surface area contributed by atoms with Gasteiger partial charge in [0.25, 0.3) is 0 Å². The second-order valence-electron chi connectivity index (χ2n) is 3.19. The normalized spacial score (nSPS) is 21.2. The molecule has 2 N–H and O–H groups in total. The van der Waals surface area contributed by atoms with E-state index in [1.807, 2.05) is 0 Å². The maximum absolute atomic E-state index is 10.7. The average molecular weight is 209 g/mol. The molecular weight excluding hydrogens is 198 g/mol. The van der Waals surface area contributed by atoms with Crippen molar-refractivity contribution in [3.63, 3.8) is 0 Å². The number of rotatable bonds is 2. The molecule has 1 fully saturated rings. The summed E-state index contributed by atoms with van der Waals surface area (Å²) in [4.78, 5) is 18.7. The standard InChI is InChI=1S/C9H11N3O3/c13-9(14)6-1-2-11-8(12-6)7-5-15-4-3-10-7/h1-2,7,10H,3-5H2,(H,13,14). The van der Waals surface area contributed by atoms with Gasteiger partial charge in [0, 0.05) is 12.7 Å². The van der Waals surface area contributed by atoms with E-state index in [0.717, 1.165) is 6.54 Å². The van der Waals surface area contributed by atoms with E-state index in [-0.39, 0.29) is 11.7 Å². The second kappa shape index (κ2) is 4.33. The van der Waals surface area contributed by atoms with Crippen LogP contribution < -0.4 is 5.32 Å². The van der Waals surface area contributed by atoms with Crippen molar-refractivity contribution in [2.24, 2.45) is 0 Å².